The Morgan fingerprint density at radius 3 is 2.47 bits per heavy atom. The number of thiazole rings is 1. The van der Waals surface area contributed by atoms with Crippen molar-refractivity contribution in [3.8, 4) is 5.75 Å². The minimum Gasteiger partial charge on any atom is -0.494 e. The quantitative estimate of drug-likeness (QED) is 0.320. The summed E-state index contributed by atoms with van der Waals surface area (Å²) in [6.07, 6.45) is 0.155. The molecule has 0 fully saturated rings. The minimum atomic E-state index is -1.03. The molecule has 1 unspecified atom stereocenters. The molecule has 176 valence electrons. The van der Waals surface area contributed by atoms with Crippen LogP contribution < -0.4 is 9.64 Å². The molecule has 1 N–H and O–H groups in total. The Balaban J connectivity index is 1.69. The van der Waals surface area contributed by atoms with Gasteiger partial charge in [0.25, 0.3) is 0 Å². The van der Waals surface area contributed by atoms with E-state index in [2.05, 4.69) is 4.98 Å². The molecular weight excluding hydrogens is 465 g/mol. The largest absolute Gasteiger partial charge is 0.494 e. The lowest BCUT2D eigenvalue weighted by Crippen LogP contribution is -2.29. The van der Waals surface area contributed by atoms with Gasteiger partial charge < -0.3 is 14.7 Å². The van der Waals surface area contributed by atoms with Crippen LogP contribution in [0.15, 0.2) is 54.6 Å². The van der Waals surface area contributed by atoms with E-state index < -0.39 is 17.6 Å². The van der Waals surface area contributed by atoms with Crippen LogP contribution in [0.25, 0.3) is 10.2 Å². The van der Waals surface area contributed by atoms with Crippen LogP contribution in [-0.2, 0) is 6.42 Å². The molecule has 9 heteroatoms. The summed E-state index contributed by atoms with van der Waals surface area (Å²) >= 11 is 1.17. The summed E-state index contributed by atoms with van der Waals surface area (Å²) in [5.74, 6) is -2.85. The number of benzene rings is 3. The number of carboxylic acids is 1. The van der Waals surface area contributed by atoms with Gasteiger partial charge >= 0.3 is 5.97 Å². The van der Waals surface area contributed by atoms with Gasteiger partial charge in [-0.15, -0.1) is 0 Å². The van der Waals surface area contributed by atoms with Crippen LogP contribution in [-0.4, -0.2) is 29.7 Å². The first-order chi connectivity index (χ1) is 16.3. The average molecular weight is 487 g/mol. The molecule has 1 aromatic heterocycles. The molecule has 0 radical (unpaired) electrons. The minimum absolute atomic E-state index is 0.153. The maximum atomic E-state index is 14.6. The van der Waals surface area contributed by atoms with Gasteiger partial charge in [0.1, 0.15) is 11.6 Å². The number of ether oxygens (including phenoxy) is 1. The number of halogens is 3. The zero-order chi connectivity index (χ0) is 24.4. The van der Waals surface area contributed by atoms with E-state index in [1.807, 2.05) is 11.8 Å². The number of aromatic nitrogens is 1. The number of aromatic carboxylic acids is 1. The summed E-state index contributed by atoms with van der Waals surface area (Å²) in [4.78, 5) is 17.6. The number of rotatable bonds is 8. The molecule has 0 aliphatic rings. The van der Waals surface area contributed by atoms with Crippen molar-refractivity contribution in [3.05, 3.63) is 88.7 Å². The Morgan fingerprint density at radius 2 is 1.82 bits per heavy atom. The first kappa shape index (κ1) is 23.6. The van der Waals surface area contributed by atoms with Crippen LogP contribution in [0.2, 0.25) is 0 Å². The van der Waals surface area contributed by atoms with E-state index in [9.17, 15) is 23.1 Å². The monoisotopic (exact) mass is 486 g/mol. The lowest BCUT2D eigenvalue weighted by Gasteiger charge is -2.29. The molecule has 1 heterocycles. The van der Waals surface area contributed by atoms with Gasteiger partial charge in [-0.05, 0) is 54.8 Å². The first-order valence-corrected chi connectivity index (χ1v) is 11.3. The zero-order valence-corrected chi connectivity index (χ0v) is 19.2. The third-order valence-corrected chi connectivity index (χ3v) is 6.77. The van der Waals surface area contributed by atoms with E-state index in [-0.39, 0.29) is 41.7 Å². The maximum Gasteiger partial charge on any atom is 0.335 e. The van der Waals surface area contributed by atoms with Crippen LogP contribution in [0.4, 0.5) is 18.3 Å². The molecule has 0 aliphatic carbocycles. The fourth-order valence-electron chi connectivity index (χ4n) is 3.72. The molecule has 0 saturated heterocycles. The standard InChI is InChI=1S/C25H21F3N2O3S/c1-14(15-6-8-16(9-7-15)24(31)32)30(25-29-21-5-3-4-18(26)23(21)34-25)11-10-17-12-20(28)22(33-2)13-19(17)27/h3-9,12-14H,10-11H2,1-2H3,(H,31,32). The predicted octanol–water partition coefficient (Wildman–Crippen LogP) is 6.23. The van der Waals surface area contributed by atoms with E-state index in [1.165, 1.54) is 36.6 Å². The lowest BCUT2D eigenvalue weighted by atomic mass is 10.0. The summed E-state index contributed by atoms with van der Waals surface area (Å²) in [7, 11) is 1.27. The van der Waals surface area contributed by atoms with Crippen molar-refractivity contribution in [2.45, 2.75) is 19.4 Å². The Hall–Kier alpha value is -3.59. The van der Waals surface area contributed by atoms with Crippen molar-refractivity contribution < 1.29 is 27.8 Å². The summed E-state index contributed by atoms with van der Waals surface area (Å²) in [6, 6.07) is 12.9. The third kappa shape index (κ3) is 4.70. The van der Waals surface area contributed by atoms with Gasteiger partial charge in [-0.25, -0.2) is 22.9 Å². The highest BCUT2D eigenvalue weighted by Gasteiger charge is 2.22. The van der Waals surface area contributed by atoms with Gasteiger partial charge in [0.2, 0.25) is 0 Å². The molecule has 0 amide bonds. The molecular formula is C25H21F3N2O3S. The van der Waals surface area contributed by atoms with Gasteiger partial charge in [0.15, 0.2) is 16.7 Å². The zero-order valence-electron chi connectivity index (χ0n) is 18.4. The lowest BCUT2D eigenvalue weighted by molar-refractivity contribution is 0.0697. The molecule has 5 nitrogen and oxygen atoms in total. The van der Waals surface area contributed by atoms with E-state index in [0.717, 1.165) is 17.7 Å². The molecule has 4 aromatic rings. The van der Waals surface area contributed by atoms with E-state index in [1.54, 1.807) is 24.3 Å². The van der Waals surface area contributed by atoms with Crippen LogP contribution in [0.3, 0.4) is 0 Å². The second-order valence-electron chi connectivity index (χ2n) is 7.71. The van der Waals surface area contributed by atoms with Gasteiger partial charge in [0.05, 0.1) is 28.9 Å². The van der Waals surface area contributed by atoms with Crippen LogP contribution in [0, 0.1) is 17.5 Å². The number of fused-ring (bicyclic) bond motifs is 1. The Labute approximate surface area is 198 Å². The van der Waals surface area contributed by atoms with Crippen molar-refractivity contribution in [2.75, 3.05) is 18.6 Å². The highest BCUT2D eigenvalue weighted by atomic mass is 32.1. The van der Waals surface area contributed by atoms with Crippen LogP contribution >= 0.6 is 11.3 Å². The summed E-state index contributed by atoms with van der Waals surface area (Å²) in [6.45, 7) is 2.15. The second kappa shape index (κ2) is 9.72. The van der Waals surface area contributed by atoms with E-state index >= 15 is 0 Å². The Kier molecular flexibility index (Phi) is 6.74. The second-order valence-corrected chi connectivity index (χ2v) is 8.69. The Bertz CT molecular complexity index is 1340. The van der Waals surface area contributed by atoms with Gasteiger partial charge in [-0.1, -0.05) is 29.5 Å². The average Bonchev–Trinajstić information content (AvgIpc) is 3.26. The SMILES string of the molecule is COc1cc(F)c(CCN(c2nc3cccc(F)c3s2)C(C)c2ccc(C(=O)O)cc2)cc1F. The predicted molar refractivity (Wildman–Crippen MR) is 125 cm³/mol. The van der Waals surface area contributed by atoms with Crippen molar-refractivity contribution >= 4 is 32.7 Å². The summed E-state index contributed by atoms with van der Waals surface area (Å²) in [5, 5.41) is 9.69. The van der Waals surface area contributed by atoms with Crippen LogP contribution in [0.5, 0.6) is 5.75 Å². The van der Waals surface area contributed by atoms with Gasteiger partial charge in [-0.3, -0.25) is 0 Å². The van der Waals surface area contributed by atoms with Gasteiger partial charge in [0, 0.05) is 12.6 Å². The Morgan fingerprint density at radius 1 is 1.09 bits per heavy atom. The third-order valence-electron chi connectivity index (χ3n) is 5.65. The molecule has 0 aliphatic heterocycles. The number of carboxylic acid groups (broad SMARTS) is 1. The van der Waals surface area contributed by atoms with Crippen molar-refractivity contribution in [1.82, 2.24) is 4.98 Å². The van der Waals surface area contributed by atoms with E-state index in [0.29, 0.717) is 15.3 Å². The molecule has 1 atom stereocenters. The molecule has 4 rings (SSSR count). The number of hydrogen-bond donors (Lipinski definition) is 1. The number of hydrogen-bond acceptors (Lipinski definition) is 5. The smallest absolute Gasteiger partial charge is 0.335 e. The molecule has 0 bridgehead atoms. The number of methoxy groups -OCH3 is 1. The van der Waals surface area contributed by atoms with Crippen molar-refractivity contribution in [1.29, 1.82) is 0 Å². The molecule has 0 spiro atoms. The first-order valence-electron chi connectivity index (χ1n) is 10.5. The molecule has 0 saturated carbocycles. The highest BCUT2D eigenvalue weighted by Crippen LogP contribution is 2.35. The van der Waals surface area contributed by atoms with Gasteiger partial charge in [-0.2, -0.15) is 0 Å². The number of carbonyl (C=O) groups is 1. The number of nitrogens with zero attached hydrogens (tertiary/aromatic N) is 2. The van der Waals surface area contributed by atoms with Crippen molar-refractivity contribution in [2.24, 2.45) is 0 Å². The topological polar surface area (TPSA) is 62.7 Å². The van der Waals surface area contributed by atoms with Crippen LogP contribution in [0.1, 0.15) is 34.5 Å². The van der Waals surface area contributed by atoms with Crippen molar-refractivity contribution in [3.63, 3.8) is 0 Å². The summed E-state index contributed by atoms with van der Waals surface area (Å²) in [5.41, 5.74) is 1.62. The van der Waals surface area contributed by atoms with E-state index in [4.69, 9.17) is 4.74 Å². The fraction of sp³-hybridized carbons (Fsp3) is 0.200. The normalized spacial score (nSPS) is 12.0. The fourth-order valence-corrected chi connectivity index (χ4v) is 4.80. The number of anilines is 1. The molecule has 34 heavy (non-hydrogen) atoms. The maximum absolute atomic E-state index is 14.6. The summed E-state index contributed by atoms with van der Waals surface area (Å²) < 4.78 is 48.3. The molecule has 3 aromatic carbocycles. The highest BCUT2D eigenvalue weighted by molar-refractivity contribution is 7.22.